The van der Waals surface area contributed by atoms with Crippen molar-refractivity contribution in [2.45, 2.75) is 27.2 Å². The first-order valence-electron chi connectivity index (χ1n) is 6.91. The van der Waals surface area contributed by atoms with E-state index in [-0.39, 0.29) is 24.0 Å². The van der Waals surface area contributed by atoms with Crippen molar-refractivity contribution in [1.29, 1.82) is 0 Å². The maximum absolute atomic E-state index is 12.1. The molecule has 0 fully saturated rings. The smallest absolute Gasteiger partial charge is 0.255 e. The molecule has 0 aliphatic carbocycles. The molecule has 0 aliphatic rings. The van der Waals surface area contributed by atoms with Crippen molar-refractivity contribution in [1.82, 2.24) is 19.7 Å². The quantitative estimate of drug-likeness (QED) is 0.847. The first kappa shape index (κ1) is 15.9. The largest absolute Gasteiger partial charge is 0.375 e. The number of methoxy groups -OCH3 is 1. The average molecular weight is 305 g/mol. The number of aromatic nitrogens is 4. The maximum atomic E-state index is 12.1. The highest BCUT2D eigenvalue weighted by atomic mass is 16.5. The van der Waals surface area contributed by atoms with Crippen LogP contribution >= 0.6 is 0 Å². The van der Waals surface area contributed by atoms with E-state index in [1.165, 1.54) is 11.8 Å². The van der Waals surface area contributed by atoms with E-state index in [2.05, 4.69) is 20.4 Å². The molecule has 8 heteroatoms. The SMILES string of the molecule is CCc1c(C)nc(-n2nc(C)cc2NC(=O)COC)[nH]c1=O. The van der Waals surface area contributed by atoms with Crippen LogP contribution in [0.15, 0.2) is 10.9 Å². The first-order chi connectivity index (χ1) is 10.5. The third-order valence-corrected chi connectivity index (χ3v) is 3.14. The van der Waals surface area contributed by atoms with Crippen molar-refractivity contribution in [2.24, 2.45) is 0 Å². The van der Waals surface area contributed by atoms with Crippen molar-refractivity contribution in [3.63, 3.8) is 0 Å². The van der Waals surface area contributed by atoms with Gasteiger partial charge in [-0.1, -0.05) is 6.92 Å². The first-order valence-corrected chi connectivity index (χ1v) is 6.91. The Balaban J connectivity index is 2.45. The standard InChI is InChI=1S/C14H19N5O3/c1-5-10-9(3)15-14(17-13(10)21)19-11(6-8(2)18-19)16-12(20)7-22-4/h6H,5,7H2,1-4H3,(H,16,20)(H,15,17,21). The van der Waals surface area contributed by atoms with Gasteiger partial charge < -0.3 is 10.1 Å². The minimum atomic E-state index is -0.312. The van der Waals surface area contributed by atoms with Crippen LogP contribution < -0.4 is 10.9 Å². The number of carbonyl (C=O) groups excluding carboxylic acids is 1. The number of anilines is 1. The van der Waals surface area contributed by atoms with E-state index in [1.807, 2.05) is 6.92 Å². The summed E-state index contributed by atoms with van der Waals surface area (Å²) in [5.74, 6) is 0.375. The molecule has 2 N–H and O–H groups in total. The fourth-order valence-electron chi connectivity index (χ4n) is 2.17. The lowest BCUT2D eigenvalue weighted by Crippen LogP contribution is -2.23. The second-order valence-electron chi connectivity index (χ2n) is 4.87. The van der Waals surface area contributed by atoms with E-state index >= 15 is 0 Å². The van der Waals surface area contributed by atoms with Crippen LogP contribution in [0.4, 0.5) is 5.82 Å². The van der Waals surface area contributed by atoms with Crippen LogP contribution in [-0.2, 0) is 16.0 Å². The number of nitrogens with one attached hydrogen (secondary N) is 2. The minimum absolute atomic E-state index is 0.0675. The lowest BCUT2D eigenvalue weighted by molar-refractivity contribution is -0.119. The Morgan fingerprint density at radius 3 is 2.77 bits per heavy atom. The zero-order valence-electron chi connectivity index (χ0n) is 13.1. The summed E-state index contributed by atoms with van der Waals surface area (Å²) in [6.07, 6.45) is 0.601. The molecule has 0 unspecified atom stereocenters. The van der Waals surface area contributed by atoms with Gasteiger partial charge in [0.05, 0.1) is 5.69 Å². The van der Waals surface area contributed by atoms with Crippen molar-refractivity contribution >= 4 is 11.7 Å². The summed E-state index contributed by atoms with van der Waals surface area (Å²) in [7, 11) is 1.44. The van der Waals surface area contributed by atoms with Crippen LogP contribution in [0.1, 0.15) is 23.9 Å². The zero-order valence-corrected chi connectivity index (χ0v) is 13.1. The van der Waals surface area contributed by atoms with Gasteiger partial charge in [-0.05, 0) is 20.3 Å². The summed E-state index contributed by atoms with van der Waals surface area (Å²) in [5.41, 5.74) is 1.76. The fourth-order valence-corrected chi connectivity index (χ4v) is 2.17. The average Bonchev–Trinajstić information content (AvgIpc) is 2.79. The van der Waals surface area contributed by atoms with Crippen LogP contribution in [0.25, 0.3) is 5.95 Å². The second kappa shape index (κ2) is 6.52. The summed E-state index contributed by atoms with van der Waals surface area (Å²) < 4.78 is 6.18. The van der Waals surface area contributed by atoms with Crippen molar-refractivity contribution in [2.75, 3.05) is 19.0 Å². The molecular weight excluding hydrogens is 286 g/mol. The van der Waals surface area contributed by atoms with Gasteiger partial charge in [-0.15, -0.1) is 0 Å². The molecule has 8 nitrogen and oxygen atoms in total. The molecule has 2 heterocycles. The summed E-state index contributed by atoms with van der Waals surface area (Å²) in [6, 6.07) is 1.69. The summed E-state index contributed by atoms with van der Waals surface area (Å²) in [4.78, 5) is 30.8. The molecule has 118 valence electrons. The van der Waals surface area contributed by atoms with Gasteiger partial charge in [0.15, 0.2) is 0 Å². The number of aromatic amines is 1. The van der Waals surface area contributed by atoms with Gasteiger partial charge in [0, 0.05) is 24.4 Å². The number of rotatable bonds is 5. The molecule has 2 aromatic rings. The Labute approximate surface area is 127 Å². The third kappa shape index (κ3) is 3.22. The summed E-state index contributed by atoms with van der Waals surface area (Å²) in [6.45, 7) is 5.39. The van der Waals surface area contributed by atoms with E-state index in [0.29, 0.717) is 29.2 Å². The highest BCUT2D eigenvalue weighted by molar-refractivity contribution is 5.91. The Bertz CT molecular complexity index is 747. The van der Waals surface area contributed by atoms with Gasteiger partial charge in [0.1, 0.15) is 12.4 Å². The van der Waals surface area contributed by atoms with Gasteiger partial charge >= 0.3 is 0 Å². The maximum Gasteiger partial charge on any atom is 0.255 e. The topological polar surface area (TPSA) is 102 Å². The molecule has 0 atom stereocenters. The van der Waals surface area contributed by atoms with Gasteiger partial charge in [0.25, 0.3) is 11.5 Å². The lowest BCUT2D eigenvalue weighted by Gasteiger charge is -2.09. The van der Waals surface area contributed by atoms with E-state index < -0.39 is 0 Å². The normalized spacial score (nSPS) is 10.7. The number of nitrogens with zero attached hydrogens (tertiary/aromatic N) is 3. The number of hydrogen-bond donors (Lipinski definition) is 2. The van der Waals surface area contributed by atoms with E-state index in [9.17, 15) is 9.59 Å². The number of hydrogen-bond acceptors (Lipinski definition) is 5. The van der Waals surface area contributed by atoms with Gasteiger partial charge in [-0.2, -0.15) is 9.78 Å². The number of amides is 1. The fraction of sp³-hybridized carbons (Fsp3) is 0.429. The molecule has 0 radical (unpaired) electrons. The lowest BCUT2D eigenvalue weighted by atomic mass is 10.2. The minimum Gasteiger partial charge on any atom is -0.375 e. The molecule has 1 amide bonds. The van der Waals surface area contributed by atoms with Crippen LogP contribution in [0.5, 0.6) is 0 Å². The Morgan fingerprint density at radius 2 is 2.18 bits per heavy atom. The van der Waals surface area contributed by atoms with Crippen molar-refractivity contribution in [3.05, 3.63) is 33.4 Å². The predicted molar refractivity (Wildman–Crippen MR) is 81.3 cm³/mol. The Kier molecular flexibility index (Phi) is 4.71. The van der Waals surface area contributed by atoms with Crippen LogP contribution in [0.2, 0.25) is 0 Å². The molecule has 0 saturated heterocycles. The number of carbonyl (C=O) groups is 1. The van der Waals surface area contributed by atoms with E-state index in [4.69, 9.17) is 4.74 Å². The van der Waals surface area contributed by atoms with Crippen LogP contribution in [0.3, 0.4) is 0 Å². The summed E-state index contributed by atoms with van der Waals surface area (Å²) >= 11 is 0. The molecule has 0 saturated carbocycles. The van der Waals surface area contributed by atoms with Crippen molar-refractivity contribution < 1.29 is 9.53 Å². The Morgan fingerprint density at radius 1 is 1.45 bits per heavy atom. The highest BCUT2D eigenvalue weighted by Crippen LogP contribution is 2.14. The van der Waals surface area contributed by atoms with Crippen LogP contribution in [0, 0.1) is 13.8 Å². The summed E-state index contributed by atoms with van der Waals surface area (Å²) in [5, 5.41) is 6.93. The van der Waals surface area contributed by atoms with Gasteiger partial charge in [-0.25, -0.2) is 4.98 Å². The predicted octanol–water partition coefficient (Wildman–Crippen LogP) is 0.720. The molecule has 0 aliphatic heterocycles. The Hall–Kier alpha value is -2.48. The molecule has 0 spiro atoms. The molecular formula is C14H19N5O3. The molecule has 2 rings (SSSR count). The zero-order chi connectivity index (χ0) is 16.3. The van der Waals surface area contributed by atoms with Gasteiger partial charge in [-0.3, -0.25) is 14.6 Å². The number of ether oxygens (including phenoxy) is 1. The van der Waals surface area contributed by atoms with Crippen LogP contribution in [-0.4, -0.2) is 39.4 Å². The number of H-pyrrole nitrogens is 1. The third-order valence-electron chi connectivity index (χ3n) is 3.14. The van der Waals surface area contributed by atoms with E-state index in [1.54, 1.807) is 19.9 Å². The van der Waals surface area contributed by atoms with Gasteiger partial charge in [0.2, 0.25) is 5.95 Å². The highest BCUT2D eigenvalue weighted by Gasteiger charge is 2.14. The number of aryl methyl sites for hydroxylation is 2. The monoisotopic (exact) mass is 305 g/mol. The second-order valence-corrected chi connectivity index (χ2v) is 4.87. The molecule has 0 bridgehead atoms. The molecule has 2 aromatic heterocycles. The molecule has 0 aromatic carbocycles. The molecule has 22 heavy (non-hydrogen) atoms. The van der Waals surface area contributed by atoms with Crippen molar-refractivity contribution in [3.8, 4) is 5.95 Å². The van der Waals surface area contributed by atoms with E-state index in [0.717, 1.165) is 0 Å².